The minimum Gasteiger partial charge on any atom is -0.497 e. The van der Waals surface area contributed by atoms with E-state index in [0.29, 0.717) is 6.54 Å². The molecule has 29 heavy (non-hydrogen) atoms. The van der Waals surface area contributed by atoms with Gasteiger partial charge in [0.05, 0.1) is 12.5 Å². The van der Waals surface area contributed by atoms with Crippen LogP contribution in [0, 0.1) is 17.8 Å². The van der Waals surface area contributed by atoms with Gasteiger partial charge in [0.25, 0.3) is 0 Å². The summed E-state index contributed by atoms with van der Waals surface area (Å²) < 4.78 is 5.39. The lowest BCUT2D eigenvalue weighted by Crippen LogP contribution is -2.51. The summed E-state index contributed by atoms with van der Waals surface area (Å²) in [5.41, 5.74) is 0.878. The summed E-state index contributed by atoms with van der Waals surface area (Å²) in [6.45, 7) is 0.615. The molecule has 2 aromatic rings. The summed E-state index contributed by atoms with van der Waals surface area (Å²) in [7, 11) is 5.69. The second kappa shape index (κ2) is 8.86. The third kappa shape index (κ3) is 4.10. The van der Waals surface area contributed by atoms with E-state index in [2.05, 4.69) is 16.9 Å². The molecule has 0 heterocycles. The molecule has 0 radical (unpaired) electrons. The van der Waals surface area contributed by atoms with Crippen LogP contribution in [0.15, 0.2) is 60.2 Å². The zero-order chi connectivity index (χ0) is 20.9. The molecule has 3 heteroatoms. The first-order valence-corrected chi connectivity index (χ1v) is 10.2. The molecule has 1 saturated carbocycles. The number of benzene rings is 2. The molecule has 1 N–H and O–H groups in total. The van der Waals surface area contributed by atoms with Crippen LogP contribution in [0.3, 0.4) is 0 Å². The second-order valence-corrected chi connectivity index (χ2v) is 8.19. The number of hydrogen-bond acceptors (Lipinski definition) is 3. The van der Waals surface area contributed by atoms with Gasteiger partial charge in [0.1, 0.15) is 11.4 Å². The van der Waals surface area contributed by atoms with E-state index in [-0.39, 0.29) is 0 Å². The Bertz CT molecular complexity index is 896. The molecule has 2 atom stereocenters. The van der Waals surface area contributed by atoms with Crippen molar-refractivity contribution in [1.82, 2.24) is 4.90 Å². The molecule has 0 spiro atoms. The van der Waals surface area contributed by atoms with E-state index in [1.807, 2.05) is 68.7 Å². The molecule has 0 amide bonds. The first-order chi connectivity index (χ1) is 13.9. The third-order valence-electron chi connectivity index (χ3n) is 5.95. The van der Waals surface area contributed by atoms with E-state index < -0.39 is 11.0 Å². The first kappa shape index (κ1) is 21.2. The Hall–Kier alpha value is -2.54. The average molecular weight is 390 g/mol. The number of nitrogens with zero attached hydrogens (tertiary/aromatic N) is 1. The van der Waals surface area contributed by atoms with Gasteiger partial charge >= 0.3 is 0 Å². The van der Waals surface area contributed by atoms with Gasteiger partial charge in [0.2, 0.25) is 0 Å². The van der Waals surface area contributed by atoms with E-state index in [1.54, 1.807) is 7.11 Å². The van der Waals surface area contributed by atoms with Crippen LogP contribution in [0.5, 0.6) is 5.75 Å². The van der Waals surface area contributed by atoms with Gasteiger partial charge in [-0.1, -0.05) is 60.9 Å². The minimum atomic E-state index is -1.24. The van der Waals surface area contributed by atoms with Gasteiger partial charge in [-0.15, -0.1) is 6.42 Å². The van der Waals surface area contributed by atoms with Crippen molar-refractivity contribution >= 4 is 6.08 Å². The predicted octanol–water partition coefficient (Wildman–Crippen LogP) is 4.72. The quantitative estimate of drug-likeness (QED) is 0.593. The smallest absolute Gasteiger partial charge is 0.129 e. The zero-order valence-corrected chi connectivity index (χ0v) is 17.7. The molecule has 0 saturated heterocycles. The standard InChI is InChI=1S/C26H31NO2/c1-5-25(20-27(2)3)17-10-9-15-23(18-21-12-11-16-24(19-21)29-4)26(25,28)22-13-7-6-8-14-22/h1,6-8,11-14,16,18-19,28H,9-10,15,17,20H2,2-4H3. The molecule has 1 aliphatic rings. The van der Waals surface area contributed by atoms with Gasteiger partial charge in [-0.2, -0.15) is 0 Å². The Morgan fingerprint density at radius 1 is 1.14 bits per heavy atom. The highest BCUT2D eigenvalue weighted by Gasteiger charge is 2.53. The lowest BCUT2D eigenvalue weighted by Gasteiger charge is -2.46. The van der Waals surface area contributed by atoms with E-state index in [9.17, 15) is 5.11 Å². The van der Waals surface area contributed by atoms with Gasteiger partial charge < -0.3 is 14.7 Å². The molecule has 3 rings (SSSR count). The van der Waals surface area contributed by atoms with Gasteiger partial charge in [-0.25, -0.2) is 0 Å². The summed E-state index contributed by atoms with van der Waals surface area (Å²) in [5.74, 6) is 3.86. The lowest BCUT2D eigenvalue weighted by atomic mass is 9.63. The van der Waals surface area contributed by atoms with Gasteiger partial charge in [-0.05, 0) is 62.2 Å². The monoisotopic (exact) mass is 389 g/mol. The summed E-state index contributed by atoms with van der Waals surface area (Å²) in [5, 5.41) is 12.5. The third-order valence-corrected chi connectivity index (χ3v) is 5.95. The molecule has 2 unspecified atom stereocenters. The van der Waals surface area contributed by atoms with Gasteiger partial charge in [0, 0.05) is 6.54 Å². The molecule has 1 aliphatic carbocycles. The van der Waals surface area contributed by atoms with Crippen molar-refractivity contribution < 1.29 is 9.84 Å². The fourth-order valence-corrected chi connectivity index (χ4v) is 4.62. The van der Waals surface area contributed by atoms with Crippen molar-refractivity contribution in [1.29, 1.82) is 0 Å². The maximum atomic E-state index is 12.5. The fraction of sp³-hybridized carbons (Fsp3) is 0.385. The number of ether oxygens (including phenoxy) is 1. The summed E-state index contributed by atoms with van der Waals surface area (Å²) in [6, 6.07) is 17.8. The van der Waals surface area contributed by atoms with E-state index in [0.717, 1.165) is 48.1 Å². The maximum absolute atomic E-state index is 12.5. The molecular weight excluding hydrogens is 358 g/mol. The van der Waals surface area contributed by atoms with Crippen LogP contribution in [-0.2, 0) is 5.60 Å². The van der Waals surface area contributed by atoms with E-state index in [4.69, 9.17) is 11.2 Å². The number of hydrogen-bond donors (Lipinski definition) is 1. The van der Waals surface area contributed by atoms with Gasteiger partial charge in [0.15, 0.2) is 0 Å². The second-order valence-electron chi connectivity index (χ2n) is 8.19. The van der Waals surface area contributed by atoms with Crippen molar-refractivity contribution in [2.45, 2.75) is 31.3 Å². The Kier molecular flexibility index (Phi) is 6.47. The molecule has 152 valence electrons. The van der Waals surface area contributed by atoms with Crippen LogP contribution >= 0.6 is 0 Å². The van der Waals surface area contributed by atoms with E-state index in [1.165, 1.54) is 0 Å². The van der Waals surface area contributed by atoms with Gasteiger partial charge in [-0.3, -0.25) is 0 Å². The molecule has 0 bridgehead atoms. The lowest BCUT2D eigenvalue weighted by molar-refractivity contribution is -0.0399. The van der Waals surface area contributed by atoms with E-state index >= 15 is 0 Å². The molecule has 0 aromatic heterocycles. The van der Waals surface area contributed by atoms with Crippen molar-refractivity contribution in [2.75, 3.05) is 27.7 Å². The molecule has 1 fully saturated rings. The van der Waals surface area contributed by atoms with Crippen LogP contribution < -0.4 is 4.74 Å². The summed E-state index contributed by atoms with van der Waals surface area (Å²) in [4.78, 5) is 2.09. The topological polar surface area (TPSA) is 32.7 Å². The number of rotatable bonds is 5. The summed E-state index contributed by atoms with van der Waals surface area (Å²) in [6.07, 6.45) is 11.9. The predicted molar refractivity (Wildman–Crippen MR) is 120 cm³/mol. The SMILES string of the molecule is C#CC1(CN(C)C)CCCCC(=Cc2cccc(OC)c2)C1(O)c1ccccc1. The highest BCUT2D eigenvalue weighted by atomic mass is 16.5. The molecule has 0 aliphatic heterocycles. The van der Waals surface area contributed by atoms with Crippen LogP contribution in [0.25, 0.3) is 6.08 Å². The highest BCUT2D eigenvalue weighted by molar-refractivity contribution is 5.60. The highest BCUT2D eigenvalue weighted by Crippen LogP contribution is 2.52. The fourth-order valence-electron chi connectivity index (χ4n) is 4.62. The number of aliphatic hydroxyl groups is 1. The zero-order valence-electron chi connectivity index (χ0n) is 17.7. The normalized spacial score (nSPS) is 26.1. The Morgan fingerprint density at radius 3 is 2.55 bits per heavy atom. The van der Waals surface area contributed by atoms with Crippen LogP contribution in [0.1, 0.15) is 36.8 Å². The first-order valence-electron chi connectivity index (χ1n) is 10.2. The average Bonchev–Trinajstić information content (AvgIpc) is 2.87. The number of terminal acetylenes is 1. The number of methoxy groups -OCH3 is 1. The Morgan fingerprint density at radius 2 is 1.90 bits per heavy atom. The van der Waals surface area contributed by atoms with Crippen molar-refractivity contribution in [3.63, 3.8) is 0 Å². The van der Waals surface area contributed by atoms with Crippen LogP contribution in [-0.4, -0.2) is 37.8 Å². The van der Waals surface area contributed by atoms with Crippen molar-refractivity contribution in [3.8, 4) is 18.1 Å². The minimum absolute atomic E-state index is 0.615. The summed E-state index contributed by atoms with van der Waals surface area (Å²) >= 11 is 0. The van der Waals surface area contributed by atoms with Crippen molar-refractivity contribution in [2.24, 2.45) is 5.41 Å². The maximum Gasteiger partial charge on any atom is 0.129 e. The molecule has 3 nitrogen and oxygen atoms in total. The molecular formula is C26H31NO2. The van der Waals surface area contributed by atoms with Crippen LogP contribution in [0.2, 0.25) is 0 Å². The Labute approximate surface area is 175 Å². The van der Waals surface area contributed by atoms with Crippen molar-refractivity contribution in [3.05, 3.63) is 71.3 Å². The largest absolute Gasteiger partial charge is 0.497 e. The van der Waals surface area contributed by atoms with Crippen LogP contribution in [0.4, 0.5) is 0 Å². The molecule has 2 aromatic carbocycles. The Balaban J connectivity index is 2.24.